The summed E-state index contributed by atoms with van der Waals surface area (Å²) < 4.78 is 26.4. The fourth-order valence-corrected chi connectivity index (χ4v) is 4.64. The van der Waals surface area contributed by atoms with Gasteiger partial charge in [0, 0.05) is 18.1 Å². The third kappa shape index (κ3) is 7.74. The van der Waals surface area contributed by atoms with E-state index in [1.54, 1.807) is 26.0 Å². The van der Waals surface area contributed by atoms with E-state index in [4.69, 9.17) is 11.6 Å². The van der Waals surface area contributed by atoms with Gasteiger partial charge in [-0.1, -0.05) is 60.8 Å². The van der Waals surface area contributed by atoms with Gasteiger partial charge in [-0.25, -0.2) is 8.42 Å². The van der Waals surface area contributed by atoms with Crippen molar-refractivity contribution in [2.45, 2.75) is 53.1 Å². The SMILES string of the molecule is CCCCNC(=O)[C@@H](C)N(Cc1cccc(C)c1)C(=O)CN(c1cc(Cl)ccc1C)S(C)(=O)=O. The number of anilines is 1. The van der Waals surface area contributed by atoms with E-state index in [9.17, 15) is 18.0 Å². The van der Waals surface area contributed by atoms with Crippen molar-refractivity contribution in [2.75, 3.05) is 23.7 Å². The Morgan fingerprint density at radius 1 is 1.12 bits per heavy atom. The number of unbranched alkanes of at least 4 members (excludes halogenated alkanes) is 1. The van der Waals surface area contributed by atoms with Crippen LogP contribution in [0.15, 0.2) is 42.5 Å². The summed E-state index contributed by atoms with van der Waals surface area (Å²) in [5, 5.41) is 3.23. The molecule has 0 saturated heterocycles. The fourth-order valence-electron chi connectivity index (χ4n) is 3.57. The number of benzene rings is 2. The second-order valence-electron chi connectivity index (χ2n) is 8.53. The number of aryl methyl sites for hydroxylation is 2. The van der Waals surface area contributed by atoms with Crippen LogP contribution in [0.2, 0.25) is 5.02 Å². The van der Waals surface area contributed by atoms with Crippen LogP contribution in [0.5, 0.6) is 0 Å². The third-order valence-corrected chi connectivity index (χ3v) is 6.91. The highest BCUT2D eigenvalue weighted by atomic mass is 35.5. The monoisotopic (exact) mass is 507 g/mol. The topological polar surface area (TPSA) is 86.8 Å². The molecule has 7 nitrogen and oxygen atoms in total. The Labute approximate surface area is 208 Å². The molecule has 1 N–H and O–H groups in total. The van der Waals surface area contributed by atoms with Crippen LogP contribution >= 0.6 is 11.6 Å². The lowest BCUT2D eigenvalue weighted by atomic mass is 10.1. The van der Waals surface area contributed by atoms with Crippen LogP contribution in [0.3, 0.4) is 0 Å². The molecule has 9 heteroatoms. The van der Waals surface area contributed by atoms with Crippen molar-refractivity contribution in [2.24, 2.45) is 0 Å². The summed E-state index contributed by atoms with van der Waals surface area (Å²) >= 11 is 6.11. The van der Waals surface area contributed by atoms with E-state index in [1.807, 2.05) is 38.1 Å². The molecule has 0 spiro atoms. The Bertz CT molecular complexity index is 1120. The number of sulfonamides is 1. The third-order valence-electron chi connectivity index (χ3n) is 5.55. The molecule has 2 aromatic carbocycles. The molecule has 0 heterocycles. The van der Waals surface area contributed by atoms with Gasteiger partial charge < -0.3 is 10.2 Å². The van der Waals surface area contributed by atoms with E-state index in [2.05, 4.69) is 5.32 Å². The van der Waals surface area contributed by atoms with Gasteiger partial charge in [0.05, 0.1) is 11.9 Å². The maximum atomic E-state index is 13.5. The minimum absolute atomic E-state index is 0.176. The number of nitrogens with one attached hydrogen (secondary N) is 1. The minimum atomic E-state index is -3.80. The Balaban J connectivity index is 2.39. The molecule has 0 unspecified atom stereocenters. The first-order chi connectivity index (χ1) is 15.9. The summed E-state index contributed by atoms with van der Waals surface area (Å²) in [5.41, 5.74) is 2.88. The van der Waals surface area contributed by atoms with Crippen molar-refractivity contribution in [3.05, 3.63) is 64.2 Å². The van der Waals surface area contributed by atoms with E-state index in [0.717, 1.165) is 34.5 Å². The standard InChI is InChI=1S/C25H34ClN3O4S/c1-6-7-13-27-25(31)20(4)28(16-21-10-8-9-18(2)14-21)24(30)17-29(34(5,32)33)23-15-22(26)12-11-19(23)3/h8-12,14-15,20H,6-7,13,16-17H2,1-5H3,(H,27,31)/t20-/m1/s1. The van der Waals surface area contributed by atoms with Gasteiger partial charge in [-0.05, 0) is 50.5 Å². The predicted octanol–water partition coefficient (Wildman–Crippen LogP) is 4.06. The van der Waals surface area contributed by atoms with E-state index in [1.165, 1.54) is 11.0 Å². The van der Waals surface area contributed by atoms with Crippen molar-refractivity contribution in [1.29, 1.82) is 0 Å². The van der Waals surface area contributed by atoms with Gasteiger partial charge in [-0.15, -0.1) is 0 Å². The van der Waals surface area contributed by atoms with Gasteiger partial charge in [0.1, 0.15) is 12.6 Å². The maximum Gasteiger partial charge on any atom is 0.244 e. The van der Waals surface area contributed by atoms with Crippen LogP contribution < -0.4 is 9.62 Å². The molecule has 0 fully saturated rings. The first-order valence-electron chi connectivity index (χ1n) is 11.3. The molecule has 0 aliphatic heterocycles. The van der Waals surface area contributed by atoms with E-state index in [-0.39, 0.29) is 12.5 Å². The molecule has 2 amide bonds. The van der Waals surface area contributed by atoms with E-state index >= 15 is 0 Å². The van der Waals surface area contributed by atoms with Gasteiger partial charge in [-0.2, -0.15) is 0 Å². The summed E-state index contributed by atoms with van der Waals surface area (Å²) in [5.74, 6) is -0.760. The first kappa shape index (κ1) is 27.7. The van der Waals surface area contributed by atoms with Crippen molar-refractivity contribution in [1.82, 2.24) is 10.2 Å². The van der Waals surface area contributed by atoms with Gasteiger partial charge in [0.2, 0.25) is 21.8 Å². The zero-order chi connectivity index (χ0) is 25.5. The van der Waals surface area contributed by atoms with Gasteiger partial charge in [-0.3, -0.25) is 13.9 Å². The molecule has 2 aromatic rings. The van der Waals surface area contributed by atoms with Crippen molar-refractivity contribution in [3.63, 3.8) is 0 Å². The molecule has 0 radical (unpaired) electrons. The summed E-state index contributed by atoms with van der Waals surface area (Å²) in [4.78, 5) is 27.8. The normalized spacial score (nSPS) is 12.2. The van der Waals surface area contributed by atoms with Crippen molar-refractivity contribution < 1.29 is 18.0 Å². The smallest absolute Gasteiger partial charge is 0.244 e. The van der Waals surface area contributed by atoms with E-state index in [0.29, 0.717) is 22.8 Å². The average molecular weight is 508 g/mol. The number of carbonyl (C=O) groups is 2. The highest BCUT2D eigenvalue weighted by Crippen LogP contribution is 2.26. The Morgan fingerprint density at radius 2 is 1.82 bits per heavy atom. The Morgan fingerprint density at radius 3 is 2.44 bits per heavy atom. The molecular formula is C25H34ClN3O4S. The minimum Gasteiger partial charge on any atom is -0.354 e. The highest BCUT2D eigenvalue weighted by molar-refractivity contribution is 7.92. The lowest BCUT2D eigenvalue weighted by Crippen LogP contribution is -2.51. The van der Waals surface area contributed by atoms with Gasteiger partial charge in [0.25, 0.3) is 0 Å². The maximum absolute atomic E-state index is 13.5. The van der Waals surface area contributed by atoms with Crippen molar-refractivity contribution in [3.8, 4) is 0 Å². The average Bonchev–Trinajstić information content (AvgIpc) is 2.76. The summed E-state index contributed by atoms with van der Waals surface area (Å²) in [6.45, 7) is 7.63. The number of rotatable bonds is 11. The molecule has 186 valence electrons. The summed E-state index contributed by atoms with van der Waals surface area (Å²) in [6.07, 6.45) is 2.81. The summed E-state index contributed by atoms with van der Waals surface area (Å²) in [6, 6.07) is 11.8. The van der Waals surface area contributed by atoms with Crippen LogP contribution in [0, 0.1) is 13.8 Å². The quantitative estimate of drug-likeness (QED) is 0.465. The number of hydrogen-bond acceptors (Lipinski definition) is 4. The molecule has 1 atom stereocenters. The first-order valence-corrected chi connectivity index (χ1v) is 13.5. The molecular weight excluding hydrogens is 474 g/mol. The van der Waals surface area contributed by atoms with Crippen LogP contribution in [0.4, 0.5) is 5.69 Å². The zero-order valence-electron chi connectivity index (χ0n) is 20.5. The Hall–Kier alpha value is -2.58. The van der Waals surface area contributed by atoms with E-state index < -0.39 is 28.5 Å². The van der Waals surface area contributed by atoms with Crippen molar-refractivity contribution >= 4 is 39.1 Å². The molecule has 34 heavy (non-hydrogen) atoms. The lowest BCUT2D eigenvalue weighted by molar-refractivity contribution is -0.139. The second kappa shape index (κ2) is 12.2. The van der Waals surface area contributed by atoms with Crippen LogP contribution in [-0.2, 0) is 26.2 Å². The summed E-state index contributed by atoms with van der Waals surface area (Å²) in [7, 11) is -3.80. The molecule has 0 aliphatic rings. The number of halogens is 1. The highest BCUT2D eigenvalue weighted by Gasteiger charge is 2.30. The number of amides is 2. The molecule has 0 bridgehead atoms. The largest absolute Gasteiger partial charge is 0.354 e. The second-order valence-corrected chi connectivity index (χ2v) is 10.9. The fraction of sp³-hybridized carbons (Fsp3) is 0.440. The number of hydrogen-bond donors (Lipinski definition) is 1. The Kier molecular flexibility index (Phi) is 9.94. The predicted molar refractivity (Wildman–Crippen MR) is 137 cm³/mol. The molecule has 2 rings (SSSR count). The zero-order valence-corrected chi connectivity index (χ0v) is 22.0. The lowest BCUT2D eigenvalue weighted by Gasteiger charge is -2.32. The van der Waals surface area contributed by atoms with Crippen LogP contribution in [-0.4, -0.2) is 50.5 Å². The molecule has 0 aliphatic carbocycles. The van der Waals surface area contributed by atoms with Crippen LogP contribution in [0.1, 0.15) is 43.4 Å². The van der Waals surface area contributed by atoms with Crippen LogP contribution in [0.25, 0.3) is 0 Å². The molecule has 0 aromatic heterocycles. The number of carbonyl (C=O) groups excluding carboxylic acids is 2. The number of nitrogens with zero attached hydrogens (tertiary/aromatic N) is 2. The van der Waals surface area contributed by atoms with Gasteiger partial charge >= 0.3 is 0 Å². The van der Waals surface area contributed by atoms with Gasteiger partial charge in [0.15, 0.2) is 0 Å². The molecule has 0 saturated carbocycles.